The van der Waals surface area contributed by atoms with Crippen molar-refractivity contribution in [2.45, 2.75) is 38.0 Å². The van der Waals surface area contributed by atoms with Gasteiger partial charge in [-0.1, -0.05) is 18.2 Å². The number of allylic oxidation sites excluding steroid dienone is 1. The molecule has 1 aliphatic carbocycles. The number of aromatic nitrogens is 1. The van der Waals surface area contributed by atoms with Crippen molar-refractivity contribution < 1.29 is 14.3 Å². The van der Waals surface area contributed by atoms with E-state index in [0.717, 1.165) is 39.5 Å². The average molecular weight is 402 g/mol. The van der Waals surface area contributed by atoms with Crippen molar-refractivity contribution in [3.05, 3.63) is 46.1 Å². The van der Waals surface area contributed by atoms with Crippen LogP contribution in [0.4, 0.5) is 0 Å². The number of methoxy groups -OCH3 is 1. The molecule has 1 heterocycles. The second-order valence-electron chi connectivity index (χ2n) is 6.25. The molecule has 0 aliphatic heterocycles. The van der Waals surface area contributed by atoms with Gasteiger partial charge in [-0.2, -0.15) is 0 Å². The monoisotopic (exact) mass is 401 g/mol. The average Bonchev–Trinajstić information content (AvgIpc) is 3.45. The SMILES string of the molecule is COC(=O)CCCC(=O)/C=C/c1c(C2CC2)nc2ccccc2c1Br. The third-order valence-corrected chi connectivity index (χ3v) is 5.18. The van der Waals surface area contributed by atoms with Gasteiger partial charge in [0.2, 0.25) is 0 Å². The van der Waals surface area contributed by atoms with Crippen molar-refractivity contribution in [1.29, 1.82) is 0 Å². The Hall–Kier alpha value is -2.01. The first-order chi connectivity index (χ1) is 12.1. The quantitative estimate of drug-likeness (QED) is 0.493. The molecule has 2 aromatic rings. The van der Waals surface area contributed by atoms with E-state index in [2.05, 4.69) is 20.7 Å². The van der Waals surface area contributed by atoms with Crippen LogP contribution in [0.25, 0.3) is 17.0 Å². The lowest BCUT2D eigenvalue weighted by Crippen LogP contribution is -2.02. The summed E-state index contributed by atoms with van der Waals surface area (Å²) in [6.07, 6.45) is 6.85. The molecule has 1 aromatic heterocycles. The number of ether oxygens (including phenoxy) is 1. The van der Waals surface area contributed by atoms with Gasteiger partial charge in [-0.3, -0.25) is 14.6 Å². The van der Waals surface area contributed by atoms with E-state index in [1.807, 2.05) is 30.3 Å². The Morgan fingerprint density at radius 1 is 1.28 bits per heavy atom. The van der Waals surface area contributed by atoms with Gasteiger partial charge in [0.05, 0.1) is 18.3 Å². The van der Waals surface area contributed by atoms with Gasteiger partial charge in [0.15, 0.2) is 5.78 Å². The van der Waals surface area contributed by atoms with Crippen LogP contribution in [0.2, 0.25) is 0 Å². The van der Waals surface area contributed by atoms with E-state index in [1.54, 1.807) is 6.08 Å². The van der Waals surface area contributed by atoms with E-state index in [0.29, 0.717) is 18.8 Å². The minimum Gasteiger partial charge on any atom is -0.469 e. The first-order valence-corrected chi connectivity index (χ1v) is 9.25. The van der Waals surface area contributed by atoms with Gasteiger partial charge in [0, 0.05) is 34.2 Å². The highest BCUT2D eigenvalue weighted by atomic mass is 79.9. The van der Waals surface area contributed by atoms with Gasteiger partial charge < -0.3 is 4.74 Å². The van der Waals surface area contributed by atoms with Crippen LogP contribution in [-0.4, -0.2) is 23.8 Å². The van der Waals surface area contributed by atoms with E-state index in [-0.39, 0.29) is 18.2 Å². The molecule has 0 bridgehead atoms. The van der Waals surface area contributed by atoms with Gasteiger partial charge in [-0.05, 0) is 53.4 Å². The molecule has 0 atom stereocenters. The number of hydrogen-bond donors (Lipinski definition) is 0. The maximum absolute atomic E-state index is 12.1. The number of hydrogen-bond acceptors (Lipinski definition) is 4. The van der Waals surface area contributed by atoms with Crippen molar-refractivity contribution in [1.82, 2.24) is 4.98 Å². The maximum atomic E-state index is 12.1. The fourth-order valence-corrected chi connectivity index (χ4v) is 3.47. The summed E-state index contributed by atoms with van der Waals surface area (Å²) in [5.74, 6) is 0.204. The normalized spacial score (nSPS) is 14.2. The second-order valence-corrected chi connectivity index (χ2v) is 7.04. The zero-order valence-electron chi connectivity index (χ0n) is 14.1. The standard InChI is InChI=1S/C20H20BrNO3/c1-25-18(24)8-4-5-14(23)11-12-16-19(21)15-6-2-3-7-17(15)22-20(16)13-9-10-13/h2-3,6-7,11-13H,4-5,8-10H2,1H3/b12-11+. The molecule has 5 heteroatoms. The Bertz CT molecular complexity index is 840. The molecule has 0 spiro atoms. The molecule has 3 rings (SSSR count). The van der Waals surface area contributed by atoms with Crippen molar-refractivity contribution >= 4 is 44.7 Å². The third-order valence-electron chi connectivity index (χ3n) is 4.33. The molecule has 130 valence electrons. The Morgan fingerprint density at radius 2 is 2.04 bits per heavy atom. The number of halogens is 1. The summed E-state index contributed by atoms with van der Waals surface area (Å²) >= 11 is 3.70. The molecule has 25 heavy (non-hydrogen) atoms. The molecular formula is C20H20BrNO3. The summed E-state index contributed by atoms with van der Waals surface area (Å²) in [4.78, 5) is 28.0. The number of carbonyl (C=O) groups is 2. The number of fused-ring (bicyclic) bond motifs is 1. The van der Waals surface area contributed by atoms with Crippen LogP contribution >= 0.6 is 15.9 Å². The number of carbonyl (C=O) groups excluding carboxylic acids is 2. The number of esters is 1. The summed E-state index contributed by atoms with van der Waals surface area (Å²) < 4.78 is 5.57. The van der Waals surface area contributed by atoms with Crippen molar-refractivity contribution in [2.75, 3.05) is 7.11 Å². The van der Waals surface area contributed by atoms with Crippen LogP contribution in [0.3, 0.4) is 0 Å². The third kappa shape index (κ3) is 4.34. The molecule has 0 saturated heterocycles. The van der Waals surface area contributed by atoms with Crippen LogP contribution in [0.15, 0.2) is 34.8 Å². The summed E-state index contributed by atoms with van der Waals surface area (Å²) in [5, 5.41) is 1.05. The summed E-state index contributed by atoms with van der Waals surface area (Å²) in [7, 11) is 1.35. The van der Waals surface area contributed by atoms with Crippen LogP contribution in [0.1, 0.15) is 49.3 Å². The lowest BCUT2D eigenvalue weighted by Gasteiger charge is -2.10. The summed E-state index contributed by atoms with van der Waals surface area (Å²) in [6, 6.07) is 8.01. The van der Waals surface area contributed by atoms with Crippen molar-refractivity contribution in [3.63, 3.8) is 0 Å². The fourth-order valence-electron chi connectivity index (χ4n) is 2.80. The Balaban J connectivity index is 1.80. The highest BCUT2D eigenvalue weighted by molar-refractivity contribution is 9.10. The summed E-state index contributed by atoms with van der Waals surface area (Å²) in [5.41, 5.74) is 3.02. The van der Waals surface area contributed by atoms with Gasteiger partial charge in [0.25, 0.3) is 0 Å². The number of ketones is 1. The minimum absolute atomic E-state index is 0.00529. The van der Waals surface area contributed by atoms with E-state index < -0.39 is 0 Å². The first-order valence-electron chi connectivity index (χ1n) is 8.46. The Kier molecular flexibility index (Phi) is 5.63. The number of nitrogens with zero attached hydrogens (tertiary/aromatic N) is 1. The molecular weight excluding hydrogens is 382 g/mol. The Morgan fingerprint density at radius 3 is 2.76 bits per heavy atom. The molecule has 1 aliphatic rings. The van der Waals surface area contributed by atoms with Crippen LogP contribution in [0.5, 0.6) is 0 Å². The van der Waals surface area contributed by atoms with Crippen molar-refractivity contribution in [2.24, 2.45) is 0 Å². The molecule has 1 saturated carbocycles. The predicted octanol–water partition coefficient (Wildman–Crippen LogP) is 4.80. The zero-order chi connectivity index (χ0) is 17.8. The smallest absolute Gasteiger partial charge is 0.305 e. The lowest BCUT2D eigenvalue weighted by molar-refractivity contribution is -0.140. The van der Waals surface area contributed by atoms with Crippen LogP contribution in [-0.2, 0) is 14.3 Å². The topological polar surface area (TPSA) is 56.3 Å². The molecule has 0 amide bonds. The number of rotatable bonds is 7. The minimum atomic E-state index is -0.283. The lowest BCUT2D eigenvalue weighted by atomic mass is 10.0. The number of pyridine rings is 1. The number of benzene rings is 1. The maximum Gasteiger partial charge on any atom is 0.305 e. The van der Waals surface area contributed by atoms with E-state index >= 15 is 0 Å². The second kappa shape index (κ2) is 7.91. The van der Waals surface area contributed by atoms with Crippen LogP contribution < -0.4 is 0 Å². The van der Waals surface area contributed by atoms with E-state index in [4.69, 9.17) is 4.98 Å². The van der Waals surface area contributed by atoms with Gasteiger partial charge in [-0.25, -0.2) is 0 Å². The molecule has 4 nitrogen and oxygen atoms in total. The van der Waals surface area contributed by atoms with Gasteiger partial charge >= 0.3 is 5.97 Å². The molecule has 0 unspecified atom stereocenters. The number of para-hydroxylation sites is 1. The highest BCUT2D eigenvalue weighted by Crippen LogP contribution is 2.44. The van der Waals surface area contributed by atoms with Crippen LogP contribution in [0, 0.1) is 0 Å². The zero-order valence-corrected chi connectivity index (χ0v) is 15.7. The van der Waals surface area contributed by atoms with Crippen molar-refractivity contribution in [3.8, 4) is 0 Å². The molecule has 0 N–H and O–H groups in total. The van der Waals surface area contributed by atoms with E-state index in [9.17, 15) is 9.59 Å². The first kappa shape index (κ1) is 17.8. The summed E-state index contributed by atoms with van der Waals surface area (Å²) in [6.45, 7) is 0. The predicted molar refractivity (Wildman–Crippen MR) is 101 cm³/mol. The molecule has 1 aromatic carbocycles. The highest BCUT2D eigenvalue weighted by Gasteiger charge is 2.28. The van der Waals surface area contributed by atoms with Gasteiger partial charge in [0.1, 0.15) is 0 Å². The molecule has 1 fully saturated rings. The Labute approximate surface area is 155 Å². The largest absolute Gasteiger partial charge is 0.469 e. The fraction of sp³-hybridized carbons (Fsp3) is 0.350. The van der Waals surface area contributed by atoms with E-state index in [1.165, 1.54) is 7.11 Å². The molecule has 0 radical (unpaired) electrons. The van der Waals surface area contributed by atoms with Gasteiger partial charge in [-0.15, -0.1) is 0 Å².